The van der Waals surface area contributed by atoms with Crippen molar-refractivity contribution in [3.05, 3.63) is 24.5 Å². The van der Waals surface area contributed by atoms with E-state index in [2.05, 4.69) is 32.8 Å². The lowest BCUT2D eigenvalue weighted by molar-refractivity contribution is 0.199. The van der Waals surface area contributed by atoms with E-state index in [1.807, 2.05) is 0 Å². The van der Waals surface area contributed by atoms with Gasteiger partial charge >= 0.3 is 0 Å². The molecule has 5 heteroatoms. The first-order valence-corrected chi connectivity index (χ1v) is 4.83. The van der Waals surface area contributed by atoms with Crippen molar-refractivity contribution in [2.45, 2.75) is 11.4 Å². The third-order valence-electron chi connectivity index (χ3n) is 1.58. The fraction of sp³-hybridized carbons (Fsp3) is 0.500. The Morgan fingerprint density at radius 2 is 2.62 bits per heavy atom. The second-order valence-corrected chi connectivity index (χ2v) is 3.66. The van der Waals surface area contributed by atoms with Gasteiger partial charge in [-0.25, -0.2) is 4.68 Å². The average Bonchev–Trinajstić information content (AvgIpc) is 2.54. The predicted octanol–water partition coefficient (Wildman–Crippen LogP) is 1.55. The smallest absolute Gasteiger partial charge is 0.0814 e. The van der Waals surface area contributed by atoms with Crippen molar-refractivity contribution < 1.29 is 4.74 Å². The van der Waals surface area contributed by atoms with E-state index in [0.29, 0.717) is 13.2 Å². The monoisotopic (exact) mass is 245 g/mol. The maximum Gasteiger partial charge on any atom is 0.0814 e. The van der Waals surface area contributed by atoms with Crippen molar-refractivity contribution in [3.8, 4) is 0 Å². The molecule has 0 aliphatic heterocycles. The fourth-order valence-electron chi connectivity index (χ4n) is 1.00. The van der Waals surface area contributed by atoms with E-state index in [1.54, 1.807) is 24.1 Å². The van der Waals surface area contributed by atoms with Crippen LogP contribution in [0.5, 0.6) is 0 Å². The molecule has 0 aliphatic carbocycles. The van der Waals surface area contributed by atoms with Gasteiger partial charge < -0.3 is 4.74 Å². The summed E-state index contributed by atoms with van der Waals surface area (Å²) in [7, 11) is 1.66. The Hall–Kier alpha value is -0.680. The van der Waals surface area contributed by atoms with E-state index in [4.69, 9.17) is 4.74 Å². The number of halogens is 1. The van der Waals surface area contributed by atoms with Crippen molar-refractivity contribution in [1.82, 2.24) is 15.0 Å². The Labute approximate surface area is 85.7 Å². The molecule has 1 unspecified atom stereocenters. The van der Waals surface area contributed by atoms with Crippen LogP contribution < -0.4 is 0 Å². The molecule has 0 N–H and O–H groups in total. The molecule has 0 fully saturated rings. The molecule has 0 spiro atoms. The fourth-order valence-corrected chi connectivity index (χ4v) is 1.62. The van der Waals surface area contributed by atoms with Crippen molar-refractivity contribution >= 4 is 15.9 Å². The zero-order valence-electron chi connectivity index (χ0n) is 7.48. The lowest BCUT2D eigenvalue weighted by Crippen LogP contribution is -2.08. The number of ether oxygens (including phenoxy) is 1. The summed E-state index contributed by atoms with van der Waals surface area (Å²) in [6, 6.07) is 0. The Morgan fingerprint density at radius 3 is 3.23 bits per heavy atom. The maximum atomic E-state index is 5.02. The third-order valence-corrected chi connectivity index (χ3v) is 2.32. The van der Waals surface area contributed by atoms with Crippen LogP contribution in [0.15, 0.2) is 18.9 Å². The van der Waals surface area contributed by atoms with Gasteiger partial charge in [-0.05, 0) is 0 Å². The minimum Gasteiger partial charge on any atom is -0.383 e. The largest absolute Gasteiger partial charge is 0.383 e. The minimum absolute atomic E-state index is 0.132. The molecule has 1 atom stereocenters. The van der Waals surface area contributed by atoms with Gasteiger partial charge in [-0.3, -0.25) is 0 Å². The highest BCUT2D eigenvalue weighted by Crippen LogP contribution is 2.21. The van der Waals surface area contributed by atoms with Crippen molar-refractivity contribution in [3.63, 3.8) is 0 Å². The van der Waals surface area contributed by atoms with E-state index in [9.17, 15) is 0 Å². The van der Waals surface area contributed by atoms with E-state index in [1.165, 1.54) is 0 Å². The molecule has 1 heterocycles. The normalized spacial score (nSPS) is 12.8. The van der Waals surface area contributed by atoms with Gasteiger partial charge in [0.05, 0.1) is 29.9 Å². The molecular weight excluding hydrogens is 234 g/mol. The summed E-state index contributed by atoms with van der Waals surface area (Å²) in [5.41, 5.74) is 1.00. The number of allylic oxidation sites excluding steroid dienone is 1. The highest BCUT2D eigenvalue weighted by Gasteiger charge is 2.12. The Bertz CT molecular complexity index is 274. The molecule has 1 aromatic rings. The highest BCUT2D eigenvalue weighted by molar-refractivity contribution is 9.09. The van der Waals surface area contributed by atoms with Crippen molar-refractivity contribution in [2.75, 3.05) is 13.7 Å². The molecule has 1 rings (SSSR count). The van der Waals surface area contributed by atoms with Crippen LogP contribution in [0.25, 0.3) is 0 Å². The summed E-state index contributed by atoms with van der Waals surface area (Å²) in [6.45, 7) is 4.92. The summed E-state index contributed by atoms with van der Waals surface area (Å²) >= 11 is 3.49. The van der Waals surface area contributed by atoms with E-state index in [0.717, 1.165) is 5.69 Å². The van der Waals surface area contributed by atoms with Gasteiger partial charge in [-0.15, -0.1) is 11.7 Å². The lowest BCUT2D eigenvalue weighted by Gasteiger charge is -2.08. The second-order valence-electron chi connectivity index (χ2n) is 2.55. The van der Waals surface area contributed by atoms with Crippen LogP contribution in [0.1, 0.15) is 10.5 Å². The highest BCUT2D eigenvalue weighted by atomic mass is 79.9. The van der Waals surface area contributed by atoms with Gasteiger partial charge in [0.2, 0.25) is 0 Å². The van der Waals surface area contributed by atoms with Gasteiger partial charge in [0.25, 0.3) is 0 Å². The first-order valence-electron chi connectivity index (χ1n) is 3.92. The van der Waals surface area contributed by atoms with Crippen LogP contribution in [0.3, 0.4) is 0 Å². The molecule has 13 heavy (non-hydrogen) atoms. The summed E-state index contributed by atoms with van der Waals surface area (Å²) in [6.07, 6.45) is 3.51. The van der Waals surface area contributed by atoms with Crippen LogP contribution in [0, 0.1) is 0 Å². The van der Waals surface area contributed by atoms with E-state index < -0.39 is 0 Å². The van der Waals surface area contributed by atoms with Crippen LogP contribution >= 0.6 is 15.9 Å². The first kappa shape index (κ1) is 10.4. The first-order chi connectivity index (χ1) is 6.29. The second kappa shape index (κ2) is 5.14. The van der Waals surface area contributed by atoms with Crippen LogP contribution in [-0.2, 0) is 11.3 Å². The standard InChI is InChI=1S/C8H12BrN3O/c1-3-4-12-8(5-10-11-12)7(9)6-13-2/h3,5,7H,1,4,6H2,2H3. The summed E-state index contributed by atoms with van der Waals surface area (Å²) < 4.78 is 6.80. The summed E-state index contributed by atoms with van der Waals surface area (Å²) in [5, 5.41) is 7.74. The van der Waals surface area contributed by atoms with Gasteiger partial charge in [0.1, 0.15) is 0 Å². The van der Waals surface area contributed by atoms with Crippen molar-refractivity contribution in [2.24, 2.45) is 0 Å². The average molecular weight is 246 g/mol. The number of hydrogen-bond acceptors (Lipinski definition) is 3. The maximum absolute atomic E-state index is 5.02. The third kappa shape index (κ3) is 2.63. The number of methoxy groups -OCH3 is 1. The SMILES string of the molecule is C=CCn1nncc1C(Br)COC. The summed E-state index contributed by atoms with van der Waals surface area (Å²) in [5.74, 6) is 0. The van der Waals surface area contributed by atoms with Gasteiger partial charge in [0, 0.05) is 7.11 Å². The zero-order chi connectivity index (χ0) is 9.68. The number of hydrogen-bond donors (Lipinski definition) is 0. The minimum atomic E-state index is 0.132. The molecule has 4 nitrogen and oxygen atoms in total. The van der Waals surface area contributed by atoms with E-state index >= 15 is 0 Å². The molecule has 0 amide bonds. The molecular formula is C8H12BrN3O. The van der Waals surface area contributed by atoms with Crippen molar-refractivity contribution in [1.29, 1.82) is 0 Å². The number of rotatable bonds is 5. The molecule has 0 aromatic carbocycles. The van der Waals surface area contributed by atoms with Crippen LogP contribution in [0.4, 0.5) is 0 Å². The topological polar surface area (TPSA) is 39.9 Å². The van der Waals surface area contributed by atoms with Crippen LogP contribution in [0.2, 0.25) is 0 Å². The number of nitrogens with zero attached hydrogens (tertiary/aromatic N) is 3. The predicted molar refractivity (Wildman–Crippen MR) is 53.8 cm³/mol. The molecule has 0 saturated heterocycles. The Balaban J connectivity index is 2.73. The molecule has 0 bridgehead atoms. The van der Waals surface area contributed by atoms with Crippen LogP contribution in [-0.4, -0.2) is 28.7 Å². The number of alkyl halides is 1. The Morgan fingerprint density at radius 1 is 1.85 bits per heavy atom. The number of aromatic nitrogens is 3. The quantitative estimate of drug-likeness (QED) is 0.584. The zero-order valence-corrected chi connectivity index (χ0v) is 9.07. The van der Waals surface area contributed by atoms with Gasteiger partial charge in [-0.1, -0.05) is 27.2 Å². The lowest BCUT2D eigenvalue weighted by atomic mass is 10.3. The van der Waals surface area contributed by atoms with E-state index in [-0.39, 0.29) is 4.83 Å². The molecule has 0 aliphatic rings. The Kier molecular flexibility index (Phi) is 4.11. The molecule has 0 saturated carbocycles. The molecule has 0 radical (unpaired) electrons. The molecule has 1 aromatic heterocycles. The van der Waals surface area contributed by atoms with Gasteiger partial charge in [0.15, 0.2) is 0 Å². The molecule has 72 valence electrons. The summed E-state index contributed by atoms with van der Waals surface area (Å²) in [4.78, 5) is 0.132. The van der Waals surface area contributed by atoms with Gasteiger partial charge in [-0.2, -0.15) is 0 Å².